The minimum absolute atomic E-state index is 0.314. The summed E-state index contributed by atoms with van der Waals surface area (Å²) in [6.07, 6.45) is 3.98. The second kappa shape index (κ2) is 11.2. The second-order valence-electron chi connectivity index (χ2n) is 9.11. The Kier molecular flexibility index (Phi) is 8.39. The summed E-state index contributed by atoms with van der Waals surface area (Å²) in [4.78, 5) is 11.6. The number of likely N-dealkylation sites (tertiary alicyclic amines) is 1. The maximum atomic E-state index is 14.0. The number of aryl methyl sites for hydroxylation is 2. The highest BCUT2D eigenvalue weighted by Crippen LogP contribution is 2.32. The number of halogens is 1. The Labute approximate surface area is 203 Å². The van der Waals surface area contributed by atoms with E-state index in [1.807, 2.05) is 26.0 Å². The average Bonchev–Trinajstić information content (AvgIpc) is 2.80. The maximum Gasteiger partial charge on any atom is 0.118 e. The molecule has 1 saturated heterocycles. The summed E-state index contributed by atoms with van der Waals surface area (Å²) >= 11 is 0. The SMILES string of the molecule is C=C(c1cc(C)c(CC)c(/N=C(C)/C(C)=C/c2ccc(CC#N)nc2C)c1)N1CCCC(F)C1. The van der Waals surface area contributed by atoms with Crippen LogP contribution in [0.1, 0.15) is 67.3 Å². The summed E-state index contributed by atoms with van der Waals surface area (Å²) < 4.78 is 14.0. The van der Waals surface area contributed by atoms with E-state index in [-0.39, 0.29) is 0 Å². The normalized spacial score (nSPS) is 17.0. The number of hydrogen-bond acceptors (Lipinski definition) is 4. The van der Waals surface area contributed by atoms with Crippen LogP contribution in [0.5, 0.6) is 0 Å². The standard InChI is InChI=1S/C29H35FN4/c1-7-28-20(3)16-25(23(6)34-14-8-9-26(30)18-34)17-29(28)33-21(4)19(2)15-24-10-11-27(12-13-31)32-22(24)5/h10-11,15-17,26H,6-9,12,14,18H2,1-5H3/b19-15+,33-21+. The second-order valence-corrected chi connectivity index (χ2v) is 9.11. The van der Waals surface area contributed by atoms with Crippen molar-refractivity contribution in [2.45, 2.75) is 66.5 Å². The fraction of sp³-hybridized carbons (Fsp3) is 0.414. The van der Waals surface area contributed by atoms with Gasteiger partial charge in [0.15, 0.2) is 0 Å². The van der Waals surface area contributed by atoms with Gasteiger partial charge >= 0.3 is 0 Å². The summed E-state index contributed by atoms with van der Waals surface area (Å²) in [7, 11) is 0. The minimum atomic E-state index is -0.791. The first kappa shape index (κ1) is 25.4. The van der Waals surface area contributed by atoms with Crippen LogP contribution >= 0.6 is 0 Å². The summed E-state index contributed by atoms with van der Waals surface area (Å²) in [5.41, 5.74) is 9.89. The van der Waals surface area contributed by atoms with E-state index < -0.39 is 6.17 Å². The van der Waals surface area contributed by atoms with Crippen molar-refractivity contribution in [3.05, 3.63) is 70.1 Å². The Morgan fingerprint density at radius 2 is 2.09 bits per heavy atom. The van der Waals surface area contributed by atoms with Crippen molar-refractivity contribution in [1.82, 2.24) is 9.88 Å². The fourth-order valence-corrected chi connectivity index (χ4v) is 4.44. The zero-order chi connectivity index (χ0) is 24.8. The highest BCUT2D eigenvalue weighted by molar-refractivity contribution is 6.03. The lowest BCUT2D eigenvalue weighted by Crippen LogP contribution is -2.34. The first-order valence-corrected chi connectivity index (χ1v) is 12.0. The van der Waals surface area contributed by atoms with E-state index in [1.54, 1.807) is 0 Å². The molecule has 1 aliphatic rings. The van der Waals surface area contributed by atoms with Gasteiger partial charge < -0.3 is 4.90 Å². The molecule has 1 aromatic heterocycles. The Bertz CT molecular complexity index is 1170. The van der Waals surface area contributed by atoms with Crippen LogP contribution in [0.4, 0.5) is 10.1 Å². The number of alkyl halides is 1. The first-order chi connectivity index (χ1) is 16.2. The van der Waals surface area contributed by atoms with Crippen molar-refractivity contribution in [2.24, 2.45) is 4.99 Å². The summed E-state index contributed by atoms with van der Waals surface area (Å²) in [5, 5.41) is 8.90. The Morgan fingerprint density at radius 1 is 1.32 bits per heavy atom. The van der Waals surface area contributed by atoms with Crippen LogP contribution < -0.4 is 0 Å². The molecule has 1 atom stereocenters. The van der Waals surface area contributed by atoms with Gasteiger partial charge in [-0.05, 0) is 99.1 Å². The molecule has 1 aliphatic heterocycles. The van der Waals surface area contributed by atoms with Crippen LogP contribution in [0, 0.1) is 25.2 Å². The van der Waals surface area contributed by atoms with Gasteiger partial charge in [-0.25, -0.2) is 4.39 Å². The highest BCUT2D eigenvalue weighted by atomic mass is 19.1. The fourth-order valence-electron chi connectivity index (χ4n) is 4.44. The summed E-state index contributed by atoms with van der Waals surface area (Å²) in [6.45, 7) is 15.8. The van der Waals surface area contributed by atoms with Gasteiger partial charge in [0.2, 0.25) is 0 Å². The van der Waals surface area contributed by atoms with Crippen molar-refractivity contribution in [3.8, 4) is 6.07 Å². The van der Waals surface area contributed by atoms with E-state index in [0.717, 1.165) is 64.6 Å². The van der Waals surface area contributed by atoms with Gasteiger partial charge in [-0.1, -0.05) is 19.6 Å². The average molecular weight is 459 g/mol. The number of rotatable bonds is 7. The maximum absolute atomic E-state index is 14.0. The molecule has 1 unspecified atom stereocenters. The van der Waals surface area contributed by atoms with Gasteiger partial charge in [-0.15, -0.1) is 0 Å². The van der Waals surface area contributed by atoms with Crippen LogP contribution in [0.25, 0.3) is 11.8 Å². The van der Waals surface area contributed by atoms with Gasteiger partial charge in [-0.2, -0.15) is 5.26 Å². The van der Waals surface area contributed by atoms with Crippen molar-refractivity contribution < 1.29 is 4.39 Å². The number of hydrogen-bond donors (Lipinski definition) is 0. The lowest BCUT2D eigenvalue weighted by molar-refractivity contribution is 0.188. The molecule has 4 nitrogen and oxygen atoms in total. The molecular weight excluding hydrogens is 423 g/mol. The third-order valence-electron chi connectivity index (χ3n) is 6.56. The Morgan fingerprint density at radius 3 is 2.74 bits per heavy atom. The largest absolute Gasteiger partial charge is 0.369 e. The number of benzene rings is 1. The minimum Gasteiger partial charge on any atom is -0.369 e. The van der Waals surface area contributed by atoms with Crippen molar-refractivity contribution in [3.63, 3.8) is 0 Å². The molecule has 0 amide bonds. The predicted molar refractivity (Wildman–Crippen MR) is 140 cm³/mol. The molecule has 1 aromatic carbocycles. The Balaban J connectivity index is 1.93. The zero-order valence-electron chi connectivity index (χ0n) is 21.1. The molecule has 2 aromatic rings. The van der Waals surface area contributed by atoms with E-state index in [4.69, 9.17) is 10.3 Å². The van der Waals surface area contributed by atoms with Crippen LogP contribution in [0.2, 0.25) is 0 Å². The van der Waals surface area contributed by atoms with Gasteiger partial charge in [-0.3, -0.25) is 9.98 Å². The molecule has 1 fully saturated rings. The molecule has 178 valence electrons. The lowest BCUT2D eigenvalue weighted by atomic mass is 9.98. The number of piperidine rings is 1. The van der Waals surface area contributed by atoms with Crippen molar-refractivity contribution in [1.29, 1.82) is 5.26 Å². The molecule has 3 rings (SSSR count). The smallest absolute Gasteiger partial charge is 0.118 e. The van der Waals surface area contributed by atoms with Gasteiger partial charge in [0.25, 0.3) is 0 Å². The van der Waals surface area contributed by atoms with E-state index >= 15 is 0 Å². The van der Waals surface area contributed by atoms with E-state index in [1.165, 1.54) is 11.1 Å². The third-order valence-corrected chi connectivity index (χ3v) is 6.56. The number of aliphatic imine (C=N–C) groups is 1. The molecule has 34 heavy (non-hydrogen) atoms. The summed E-state index contributed by atoms with van der Waals surface area (Å²) in [5.74, 6) is 0. The molecular formula is C29H35FN4. The third kappa shape index (κ3) is 5.99. The van der Waals surface area contributed by atoms with Crippen LogP contribution in [-0.2, 0) is 12.8 Å². The molecule has 0 radical (unpaired) electrons. The van der Waals surface area contributed by atoms with Crippen LogP contribution in [-0.4, -0.2) is 34.9 Å². The molecule has 0 bridgehead atoms. The van der Waals surface area contributed by atoms with Gasteiger partial charge in [0.05, 0.1) is 23.9 Å². The predicted octanol–water partition coefficient (Wildman–Crippen LogP) is 6.93. The van der Waals surface area contributed by atoms with Crippen molar-refractivity contribution in [2.75, 3.05) is 13.1 Å². The Hall–Kier alpha value is -3.26. The monoisotopic (exact) mass is 458 g/mol. The van der Waals surface area contributed by atoms with Gasteiger partial charge in [0.1, 0.15) is 6.17 Å². The van der Waals surface area contributed by atoms with Crippen LogP contribution in [0.3, 0.4) is 0 Å². The first-order valence-electron chi connectivity index (χ1n) is 12.0. The van der Waals surface area contributed by atoms with E-state index in [9.17, 15) is 4.39 Å². The number of pyridine rings is 1. The molecule has 0 spiro atoms. The van der Waals surface area contributed by atoms with Gasteiger partial charge in [0, 0.05) is 30.2 Å². The lowest BCUT2D eigenvalue weighted by Gasteiger charge is -2.32. The molecule has 0 saturated carbocycles. The van der Waals surface area contributed by atoms with E-state index in [2.05, 4.69) is 61.5 Å². The quantitative estimate of drug-likeness (QED) is 0.423. The van der Waals surface area contributed by atoms with Crippen LogP contribution in [0.15, 0.2) is 41.4 Å². The molecule has 0 N–H and O–H groups in total. The number of aromatic nitrogens is 1. The molecule has 2 heterocycles. The highest BCUT2D eigenvalue weighted by Gasteiger charge is 2.21. The molecule has 5 heteroatoms. The number of nitrogens with zero attached hydrogens (tertiary/aromatic N) is 4. The van der Waals surface area contributed by atoms with E-state index in [0.29, 0.717) is 19.4 Å². The zero-order valence-corrected chi connectivity index (χ0v) is 21.1. The summed E-state index contributed by atoms with van der Waals surface area (Å²) in [6, 6.07) is 10.3. The number of nitriles is 1. The molecule has 0 aliphatic carbocycles. The van der Waals surface area contributed by atoms with Crippen molar-refractivity contribution >= 4 is 23.2 Å². The number of allylic oxidation sites excluding steroid dienone is 1. The topological polar surface area (TPSA) is 52.3 Å².